The van der Waals surface area contributed by atoms with Crippen LogP contribution in [0.25, 0.3) is 0 Å². The molecular formula is C17H20N2O3S. The Bertz CT molecular complexity index is 816. The third kappa shape index (κ3) is 3.90. The van der Waals surface area contributed by atoms with Crippen LogP contribution in [0, 0.1) is 0 Å². The minimum absolute atomic E-state index is 0.311. The molecule has 0 aromatic heterocycles. The lowest BCUT2D eigenvalue weighted by Crippen LogP contribution is -2.27. The fourth-order valence-corrected chi connectivity index (χ4v) is 2.78. The summed E-state index contributed by atoms with van der Waals surface area (Å²) in [5.41, 5.74) is 2.42. The predicted molar refractivity (Wildman–Crippen MR) is 93.5 cm³/mol. The van der Waals surface area contributed by atoms with Crippen molar-refractivity contribution < 1.29 is 13.2 Å². The van der Waals surface area contributed by atoms with Gasteiger partial charge in [0.1, 0.15) is 0 Å². The monoisotopic (exact) mass is 332 g/mol. The molecule has 0 fully saturated rings. The van der Waals surface area contributed by atoms with Gasteiger partial charge in [-0.3, -0.25) is 9.10 Å². The standard InChI is InChI=1S/C17H20N2O3S/c1-4-13-9-5-7-11-15(13)18-17(20)14-10-6-8-12-16(14)19(2)23(3,21)22/h5-12H,4H2,1-3H3,(H,18,20). The van der Waals surface area contributed by atoms with E-state index in [1.165, 1.54) is 7.05 Å². The molecule has 0 aliphatic rings. The highest BCUT2D eigenvalue weighted by Crippen LogP contribution is 2.23. The summed E-state index contributed by atoms with van der Waals surface area (Å²) in [5, 5.41) is 2.86. The molecule has 0 radical (unpaired) electrons. The number of nitrogens with one attached hydrogen (secondary N) is 1. The zero-order chi connectivity index (χ0) is 17.0. The molecule has 0 spiro atoms. The van der Waals surface area contributed by atoms with Crippen LogP contribution >= 0.6 is 0 Å². The highest BCUT2D eigenvalue weighted by Gasteiger charge is 2.19. The van der Waals surface area contributed by atoms with Crippen LogP contribution in [-0.2, 0) is 16.4 Å². The minimum atomic E-state index is -3.44. The van der Waals surface area contributed by atoms with Crippen molar-refractivity contribution in [2.24, 2.45) is 0 Å². The molecule has 1 amide bonds. The van der Waals surface area contributed by atoms with Crippen LogP contribution in [0.15, 0.2) is 48.5 Å². The van der Waals surface area contributed by atoms with Crippen LogP contribution in [-0.4, -0.2) is 27.6 Å². The van der Waals surface area contributed by atoms with Crippen LogP contribution in [0.3, 0.4) is 0 Å². The van der Waals surface area contributed by atoms with Crippen LogP contribution in [0.1, 0.15) is 22.8 Å². The van der Waals surface area contributed by atoms with E-state index in [0.29, 0.717) is 11.3 Å². The smallest absolute Gasteiger partial charge is 0.257 e. The van der Waals surface area contributed by atoms with Crippen molar-refractivity contribution in [3.8, 4) is 0 Å². The van der Waals surface area contributed by atoms with Gasteiger partial charge >= 0.3 is 0 Å². The first kappa shape index (κ1) is 17.0. The Morgan fingerprint density at radius 3 is 2.35 bits per heavy atom. The van der Waals surface area contributed by atoms with Gasteiger partial charge in [-0.1, -0.05) is 37.3 Å². The molecule has 6 heteroatoms. The van der Waals surface area contributed by atoms with E-state index in [1.807, 2.05) is 31.2 Å². The topological polar surface area (TPSA) is 66.5 Å². The van der Waals surface area contributed by atoms with Crippen molar-refractivity contribution in [1.82, 2.24) is 0 Å². The van der Waals surface area contributed by atoms with Crippen molar-refractivity contribution in [3.05, 3.63) is 59.7 Å². The lowest BCUT2D eigenvalue weighted by molar-refractivity contribution is 0.102. The summed E-state index contributed by atoms with van der Waals surface area (Å²) >= 11 is 0. The molecule has 2 rings (SSSR count). The molecule has 122 valence electrons. The summed E-state index contributed by atoms with van der Waals surface area (Å²) in [7, 11) is -2.01. The van der Waals surface area contributed by atoms with E-state index < -0.39 is 10.0 Å². The molecule has 0 atom stereocenters. The molecule has 23 heavy (non-hydrogen) atoms. The zero-order valence-electron chi connectivity index (χ0n) is 13.4. The van der Waals surface area contributed by atoms with Gasteiger partial charge in [0.2, 0.25) is 10.0 Å². The van der Waals surface area contributed by atoms with Crippen molar-refractivity contribution in [2.75, 3.05) is 22.9 Å². The van der Waals surface area contributed by atoms with Crippen LogP contribution in [0.4, 0.5) is 11.4 Å². The maximum Gasteiger partial charge on any atom is 0.257 e. The van der Waals surface area contributed by atoms with Crippen LogP contribution < -0.4 is 9.62 Å². The van der Waals surface area contributed by atoms with E-state index in [0.717, 1.165) is 28.2 Å². The summed E-state index contributed by atoms with van der Waals surface area (Å²) in [6, 6.07) is 14.2. The molecule has 0 aliphatic heterocycles. The molecule has 1 N–H and O–H groups in total. The number of rotatable bonds is 5. The molecule has 2 aromatic rings. The fraction of sp³-hybridized carbons (Fsp3) is 0.235. The molecule has 0 saturated heterocycles. The van der Waals surface area contributed by atoms with Gasteiger partial charge in [-0.25, -0.2) is 8.42 Å². The number of nitrogens with zero attached hydrogens (tertiary/aromatic N) is 1. The number of sulfonamides is 1. The number of aryl methyl sites for hydroxylation is 1. The molecule has 0 saturated carbocycles. The van der Waals surface area contributed by atoms with Crippen molar-refractivity contribution in [2.45, 2.75) is 13.3 Å². The van der Waals surface area contributed by atoms with Gasteiger partial charge in [-0.2, -0.15) is 0 Å². The predicted octanol–water partition coefficient (Wildman–Crippen LogP) is 2.90. The Balaban J connectivity index is 2.37. The second kappa shape index (κ2) is 6.83. The summed E-state index contributed by atoms with van der Waals surface area (Å²) < 4.78 is 24.6. The first-order chi connectivity index (χ1) is 10.8. The number of benzene rings is 2. The average Bonchev–Trinajstić information content (AvgIpc) is 2.53. The molecule has 5 nitrogen and oxygen atoms in total. The minimum Gasteiger partial charge on any atom is -0.322 e. The van der Waals surface area contributed by atoms with E-state index in [-0.39, 0.29) is 5.91 Å². The zero-order valence-corrected chi connectivity index (χ0v) is 14.2. The van der Waals surface area contributed by atoms with Crippen molar-refractivity contribution >= 4 is 27.3 Å². The molecule has 2 aromatic carbocycles. The van der Waals surface area contributed by atoms with Gasteiger partial charge in [0.25, 0.3) is 5.91 Å². The Kier molecular flexibility index (Phi) is 5.05. The van der Waals surface area contributed by atoms with Gasteiger partial charge < -0.3 is 5.32 Å². The van der Waals surface area contributed by atoms with Crippen LogP contribution in [0.2, 0.25) is 0 Å². The van der Waals surface area contributed by atoms with Crippen LogP contribution in [0.5, 0.6) is 0 Å². The third-order valence-electron chi connectivity index (χ3n) is 3.63. The van der Waals surface area contributed by atoms with E-state index in [4.69, 9.17) is 0 Å². The van der Waals surface area contributed by atoms with E-state index in [1.54, 1.807) is 24.3 Å². The third-order valence-corrected chi connectivity index (χ3v) is 4.82. The maximum atomic E-state index is 12.6. The van der Waals surface area contributed by atoms with Crippen molar-refractivity contribution in [3.63, 3.8) is 0 Å². The maximum absolute atomic E-state index is 12.6. The molecular weight excluding hydrogens is 312 g/mol. The van der Waals surface area contributed by atoms with Gasteiger partial charge in [0.05, 0.1) is 17.5 Å². The first-order valence-corrected chi connectivity index (χ1v) is 9.11. The van der Waals surface area contributed by atoms with Gasteiger partial charge in [-0.05, 0) is 30.2 Å². The quantitative estimate of drug-likeness (QED) is 0.915. The molecule has 0 unspecified atom stereocenters. The Labute approximate surface area is 137 Å². The lowest BCUT2D eigenvalue weighted by atomic mass is 10.1. The Morgan fingerprint density at radius 1 is 1.09 bits per heavy atom. The normalized spacial score (nSPS) is 11.1. The highest BCUT2D eigenvalue weighted by molar-refractivity contribution is 7.92. The SMILES string of the molecule is CCc1ccccc1NC(=O)c1ccccc1N(C)S(C)(=O)=O. The number of carbonyl (C=O) groups excluding carboxylic acids is 1. The van der Waals surface area contributed by atoms with E-state index >= 15 is 0 Å². The number of hydrogen-bond donors (Lipinski definition) is 1. The Hall–Kier alpha value is -2.34. The summed E-state index contributed by atoms with van der Waals surface area (Å²) in [4.78, 5) is 12.6. The summed E-state index contributed by atoms with van der Waals surface area (Å²) in [6.07, 6.45) is 1.90. The number of para-hydroxylation sites is 2. The Morgan fingerprint density at radius 2 is 1.70 bits per heavy atom. The number of anilines is 2. The second-order valence-corrected chi connectivity index (χ2v) is 7.23. The van der Waals surface area contributed by atoms with Crippen molar-refractivity contribution in [1.29, 1.82) is 0 Å². The summed E-state index contributed by atoms with van der Waals surface area (Å²) in [6.45, 7) is 2.01. The first-order valence-electron chi connectivity index (χ1n) is 7.26. The van der Waals surface area contributed by atoms with Gasteiger partial charge in [-0.15, -0.1) is 0 Å². The molecule has 0 heterocycles. The lowest BCUT2D eigenvalue weighted by Gasteiger charge is -2.20. The molecule has 0 aliphatic carbocycles. The highest BCUT2D eigenvalue weighted by atomic mass is 32.2. The number of amides is 1. The van der Waals surface area contributed by atoms with Gasteiger partial charge in [0, 0.05) is 12.7 Å². The van der Waals surface area contributed by atoms with E-state index in [2.05, 4.69) is 5.32 Å². The van der Waals surface area contributed by atoms with Gasteiger partial charge in [0.15, 0.2) is 0 Å². The average molecular weight is 332 g/mol. The largest absolute Gasteiger partial charge is 0.322 e. The number of hydrogen-bond acceptors (Lipinski definition) is 3. The second-order valence-electron chi connectivity index (χ2n) is 5.21. The summed E-state index contributed by atoms with van der Waals surface area (Å²) in [5.74, 6) is -0.336. The molecule has 0 bridgehead atoms. The van der Waals surface area contributed by atoms with E-state index in [9.17, 15) is 13.2 Å². The fourth-order valence-electron chi connectivity index (χ4n) is 2.26. The number of carbonyl (C=O) groups is 1.